The standard InChI is InChI=1S/C13H12BrNOS/c14-8-3-4-9-10(15)7-12(16-11(9)6-8)13-2-1-5-17-13/h1-6,10,12H,7,15H2. The molecular weight excluding hydrogens is 298 g/mol. The van der Waals surface area contributed by atoms with E-state index in [1.807, 2.05) is 24.3 Å². The summed E-state index contributed by atoms with van der Waals surface area (Å²) in [5.41, 5.74) is 7.30. The first-order valence-electron chi connectivity index (χ1n) is 5.49. The molecule has 1 aromatic heterocycles. The van der Waals surface area contributed by atoms with E-state index in [0.29, 0.717) is 0 Å². The molecule has 0 saturated carbocycles. The number of hydrogen-bond acceptors (Lipinski definition) is 3. The number of benzene rings is 1. The quantitative estimate of drug-likeness (QED) is 0.863. The zero-order chi connectivity index (χ0) is 11.8. The van der Waals surface area contributed by atoms with Gasteiger partial charge < -0.3 is 10.5 Å². The number of rotatable bonds is 1. The van der Waals surface area contributed by atoms with Gasteiger partial charge >= 0.3 is 0 Å². The molecule has 0 radical (unpaired) electrons. The number of nitrogens with two attached hydrogens (primary N) is 1. The van der Waals surface area contributed by atoms with Crippen LogP contribution in [-0.4, -0.2) is 0 Å². The van der Waals surface area contributed by atoms with Crippen LogP contribution in [0.4, 0.5) is 0 Å². The van der Waals surface area contributed by atoms with Crippen molar-refractivity contribution in [1.29, 1.82) is 0 Å². The van der Waals surface area contributed by atoms with Gasteiger partial charge in [-0.1, -0.05) is 28.1 Å². The highest BCUT2D eigenvalue weighted by molar-refractivity contribution is 9.10. The van der Waals surface area contributed by atoms with Gasteiger partial charge in [0, 0.05) is 27.4 Å². The lowest BCUT2D eigenvalue weighted by Gasteiger charge is -2.29. The van der Waals surface area contributed by atoms with Crippen LogP contribution < -0.4 is 10.5 Å². The molecule has 0 aliphatic carbocycles. The van der Waals surface area contributed by atoms with Crippen molar-refractivity contribution in [2.24, 2.45) is 5.73 Å². The summed E-state index contributed by atoms with van der Waals surface area (Å²) in [7, 11) is 0. The van der Waals surface area contributed by atoms with Gasteiger partial charge in [0.1, 0.15) is 11.9 Å². The molecule has 4 heteroatoms. The van der Waals surface area contributed by atoms with Crippen LogP contribution in [0.5, 0.6) is 5.75 Å². The molecule has 2 atom stereocenters. The highest BCUT2D eigenvalue weighted by Crippen LogP contribution is 2.41. The minimum absolute atomic E-state index is 0.0546. The first-order valence-corrected chi connectivity index (χ1v) is 7.16. The summed E-state index contributed by atoms with van der Waals surface area (Å²) >= 11 is 5.18. The van der Waals surface area contributed by atoms with Crippen LogP contribution in [-0.2, 0) is 0 Å². The van der Waals surface area contributed by atoms with Gasteiger partial charge in [0.2, 0.25) is 0 Å². The van der Waals surface area contributed by atoms with Crippen molar-refractivity contribution in [3.63, 3.8) is 0 Å². The van der Waals surface area contributed by atoms with Crippen molar-refractivity contribution in [3.05, 3.63) is 50.6 Å². The summed E-state index contributed by atoms with van der Waals surface area (Å²) in [5, 5.41) is 2.07. The normalized spacial score (nSPS) is 22.9. The van der Waals surface area contributed by atoms with Crippen LogP contribution in [0.1, 0.15) is 29.0 Å². The lowest BCUT2D eigenvalue weighted by Crippen LogP contribution is -2.23. The molecular formula is C13H12BrNOS. The Balaban J connectivity index is 1.97. The highest BCUT2D eigenvalue weighted by Gasteiger charge is 2.27. The molecule has 0 spiro atoms. The predicted molar refractivity (Wildman–Crippen MR) is 73.4 cm³/mol. The van der Waals surface area contributed by atoms with E-state index in [9.17, 15) is 0 Å². The fraction of sp³-hybridized carbons (Fsp3) is 0.231. The van der Waals surface area contributed by atoms with Crippen molar-refractivity contribution >= 4 is 27.3 Å². The maximum absolute atomic E-state index is 6.20. The molecule has 1 aliphatic heterocycles. The van der Waals surface area contributed by atoms with Crippen molar-refractivity contribution in [3.8, 4) is 5.75 Å². The minimum Gasteiger partial charge on any atom is -0.484 e. The molecule has 0 bridgehead atoms. The SMILES string of the molecule is NC1CC(c2cccs2)Oc2cc(Br)ccc21. The van der Waals surface area contributed by atoms with Gasteiger partial charge in [0.15, 0.2) is 0 Å². The topological polar surface area (TPSA) is 35.2 Å². The molecule has 3 rings (SSSR count). The largest absolute Gasteiger partial charge is 0.484 e. The van der Waals surface area contributed by atoms with Crippen LogP contribution in [0.15, 0.2) is 40.2 Å². The third-order valence-electron chi connectivity index (χ3n) is 2.97. The summed E-state index contributed by atoms with van der Waals surface area (Å²) in [6.45, 7) is 0. The maximum Gasteiger partial charge on any atom is 0.135 e. The van der Waals surface area contributed by atoms with Gasteiger partial charge in [0.25, 0.3) is 0 Å². The number of thiophene rings is 1. The summed E-state index contributed by atoms with van der Waals surface area (Å²) in [6.07, 6.45) is 0.932. The molecule has 1 aliphatic rings. The predicted octanol–water partition coefficient (Wildman–Crippen LogP) is 4.03. The third-order valence-corrected chi connectivity index (χ3v) is 4.43. The second-order valence-corrected chi connectivity index (χ2v) is 6.04. The Kier molecular flexibility index (Phi) is 2.94. The van der Waals surface area contributed by atoms with E-state index in [2.05, 4.69) is 27.4 Å². The molecule has 0 amide bonds. The van der Waals surface area contributed by atoms with Crippen molar-refractivity contribution in [2.45, 2.75) is 18.6 Å². The number of halogens is 1. The Hall–Kier alpha value is -0.840. The average Bonchev–Trinajstić information content (AvgIpc) is 2.81. The van der Waals surface area contributed by atoms with Crippen molar-refractivity contribution in [1.82, 2.24) is 0 Å². The summed E-state index contributed by atoms with van der Waals surface area (Å²) in [4.78, 5) is 1.24. The zero-order valence-corrected chi connectivity index (χ0v) is 11.5. The molecule has 0 fully saturated rings. The Morgan fingerprint density at radius 1 is 1.35 bits per heavy atom. The summed E-state index contributed by atoms with van der Waals surface area (Å²) < 4.78 is 7.05. The van der Waals surface area contributed by atoms with Crippen LogP contribution in [0.25, 0.3) is 0 Å². The fourth-order valence-electron chi connectivity index (χ4n) is 2.12. The fourth-order valence-corrected chi connectivity index (χ4v) is 3.23. The minimum atomic E-state index is 0.0546. The Morgan fingerprint density at radius 3 is 3.00 bits per heavy atom. The first-order chi connectivity index (χ1) is 8.24. The monoisotopic (exact) mass is 309 g/mol. The molecule has 2 heterocycles. The molecule has 0 saturated heterocycles. The molecule has 88 valence electrons. The molecule has 2 N–H and O–H groups in total. The van der Waals surface area contributed by atoms with Crippen molar-refractivity contribution < 1.29 is 4.74 Å². The number of hydrogen-bond donors (Lipinski definition) is 1. The van der Waals surface area contributed by atoms with E-state index >= 15 is 0 Å². The Bertz CT molecular complexity index is 526. The summed E-state index contributed by atoms with van der Waals surface area (Å²) in [6, 6.07) is 10.2. The Morgan fingerprint density at radius 2 is 2.24 bits per heavy atom. The molecule has 1 aromatic carbocycles. The average molecular weight is 310 g/mol. The lowest BCUT2D eigenvalue weighted by molar-refractivity contribution is 0.165. The maximum atomic E-state index is 6.20. The van der Waals surface area contributed by atoms with E-state index in [4.69, 9.17) is 10.5 Å². The van der Waals surface area contributed by atoms with Gasteiger partial charge in [-0.2, -0.15) is 0 Å². The molecule has 2 unspecified atom stereocenters. The van der Waals surface area contributed by atoms with Crippen LogP contribution in [0.2, 0.25) is 0 Å². The first kappa shape index (κ1) is 11.3. The highest BCUT2D eigenvalue weighted by atomic mass is 79.9. The third kappa shape index (κ3) is 2.12. The lowest BCUT2D eigenvalue weighted by atomic mass is 9.97. The van der Waals surface area contributed by atoms with E-state index in [-0.39, 0.29) is 12.1 Å². The molecule has 2 aromatic rings. The second kappa shape index (κ2) is 4.44. The Labute approximate surface area is 113 Å². The van der Waals surface area contributed by atoms with E-state index < -0.39 is 0 Å². The molecule has 2 nitrogen and oxygen atoms in total. The van der Waals surface area contributed by atoms with Crippen molar-refractivity contribution in [2.75, 3.05) is 0 Å². The van der Waals surface area contributed by atoms with Gasteiger partial charge in [0.05, 0.1) is 0 Å². The zero-order valence-electron chi connectivity index (χ0n) is 9.10. The van der Waals surface area contributed by atoms with Crippen LogP contribution >= 0.6 is 27.3 Å². The van der Waals surface area contributed by atoms with Crippen LogP contribution in [0.3, 0.4) is 0 Å². The smallest absolute Gasteiger partial charge is 0.135 e. The van der Waals surface area contributed by atoms with Gasteiger partial charge in [-0.05, 0) is 23.6 Å². The van der Waals surface area contributed by atoms with Gasteiger partial charge in [-0.25, -0.2) is 0 Å². The number of fused-ring (bicyclic) bond motifs is 1. The van der Waals surface area contributed by atoms with E-state index in [1.54, 1.807) is 11.3 Å². The van der Waals surface area contributed by atoms with Gasteiger partial charge in [-0.3, -0.25) is 0 Å². The summed E-state index contributed by atoms with van der Waals surface area (Å²) in [5.74, 6) is 0.900. The number of ether oxygens (including phenoxy) is 1. The van der Waals surface area contributed by atoms with E-state index in [0.717, 1.165) is 22.2 Å². The van der Waals surface area contributed by atoms with E-state index in [1.165, 1.54) is 4.88 Å². The van der Waals surface area contributed by atoms with Gasteiger partial charge in [-0.15, -0.1) is 11.3 Å². The second-order valence-electron chi connectivity index (χ2n) is 4.15. The molecule has 17 heavy (non-hydrogen) atoms. The van der Waals surface area contributed by atoms with Crippen LogP contribution in [0, 0.1) is 0 Å².